The van der Waals surface area contributed by atoms with E-state index >= 15 is 0 Å². The molecule has 1 amide bonds. The van der Waals surface area contributed by atoms with Crippen LogP contribution in [0, 0.1) is 95.6 Å². The number of hydrogen-bond donors (Lipinski definition) is 2. The molecule has 0 saturated carbocycles. The van der Waals surface area contributed by atoms with Crippen molar-refractivity contribution in [2.45, 2.75) is 58.0 Å². The number of nitrogens with zero attached hydrogens (tertiary/aromatic N) is 1. The predicted octanol–water partition coefficient (Wildman–Crippen LogP) is 7.10. The molecule has 0 radical (unpaired) electrons. The van der Waals surface area contributed by atoms with E-state index in [4.69, 9.17) is 27.4 Å². The van der Waals surface area contributed by atoms with E-state index in [0.717, 1.165) is 19.3 Å². The third kappa shape index (κ3) is 14.7. The van der Waals surface area contributed by atoms with Crippen molar-refractivity contribution in [2.75, 3.05) is 13.1 Å². The lowest BCUT2D eigenvalue weighted by molar-refractivity contribution is -0.135. The van der Waals surface area contributed by atoms with Gasteiger partial charge in [0.2, 0.25) is 5.91 Å². The lowest BCUT2D eigenvalue weighted by atomic mass is 9.81. The van der Waals surface area contributed by atoms with Crippen molar-refractivity contribution < 1.29 is 33.7 Å². The lowest BCUT2D eigenvalue weighted by Crippen LogP contribution is -2.47. The third-order valence-corrected chi connectivity index (χ3v) is 8.26. The average Bonchev–Trinajstić information content (AvgIpc) is 3.16. The van der Waals surface area contributed by atoms with E-state index in [0.29, 0.717) is 60.4 Å². The van der Waals surface area contributed by atoms with Gasteiger partial charge in [-0.25, -0.2) is 9.18 Å². The summed E-state index contributed by atoms with van der Waals surface area (Å²) < 4.78 is 25.3. The van der Waals surface area contributed by atoms with E-state index in [9.17, 15) is 19.1 Å². The van der Waals surface area contributed by atoms with Crippen LogP contribution in [0.25, 0.3) is 0 Å². The van der Waals surface area contributed by atoms with Crippen LogP contribution in [0.5, 0.6) is 23.0 Å². The molecule has 0 unspecified atom stereocenters. The fourth-order valence-corrected chi connectivity index (χ4v) is 5.39. The summed E-state index contributed by atoms with van der Waals surface area (Å²) in [5.74, 6) is 29.0. The van der Waals surface area contributed by atoms with Gasteiger partial charge in [-0.1, -0.05) is 26.7 Å². The smallest absolute Gasteiger partial charge is 0.335 e. The van der Waals surface area contributed by atoms with Crippen molar-refractivity contribution in [1.82, 2.24) is 4.90 Å². The van der Waals surface area contributed by atoms with Gasteiger partial charge in [0.05, 0.1) is 17.6 Å². The number of rotatable bonds is 11. The normalized spacial score (nSPS) is 11.8. The number of carboxylic acids is 1. The van der Waals surface area contributed by atoms with Gasteiger partial charge in [0.25, 0.3) is 0 Å². The summed E-state index contributed by atoms with van der Waals surface area (Å²) in [6, 6.07) is 16.8. The summed E-state index contributed by atoms with van der Waals surface area (Å²) in [5.41, 5.74) is 0.0770. The van der Waals surface area contributed by atoms with E-state index in [2.05, 4.69) is 84.9 Å². The standard InChI is InChI=1S/C32H36FNO6.C14H2/c1-3-22(4-2)21-32(38)13-15-34(16-14-32)30(35)19-23-17-28(39-26-9-5-24(6-10-26)31(36)37)20-29(18-23)40-27-11-7-25(33)8-12-27;1-3-5-7-9-11-13-14-12-10-8-6-4-2/h5-12,17-18,20,22,38H,3-4,13-16,19,21H2,1-2H3,(H,36,37);1-2H. The van der Waals surface area contributed by atoms with Gasteiger partial charge in [-0.05, 0) is 162 Å². The first-order valence-electron chi connectivity index (χ1n) is 17.1. The highest BCUT2D eigenvalue weighted by molar-refractivity contribution is 5.87. The summed E-state index contributed by atoms with van der Waals surface area (Å²) >= 11 is 0. The Labute approximate surface area is 317 Å². The number of carbonyl (C=O) groups excluding carboxylic acids is 1. The second-order valence-corrected chi connectivity index (χ2v) is 12.0. The molecule has 8 heteroatoms. The molecule has 3 aromatic carbocycles. The minimum atomic E-state index is -1.03. The molecule has 1 saturated heterocycles. The number of amides is 1. The Morgan fingerprint density at radius 1 is 0.741 bits per heavy atom. The summed E-state index contributed by atoms with van der Waals surface area (Å²) in [5, 5.41) is 20.2. The van der Waals surface area contributed by atoms with Gasteiger partial charge in [0.1, 0.15) is 28.8 Å². The largest absolute Gasteiger partial charge is 0.478 e. The van der Waals surface area contributed by atoms with Crippen LogP contribution in [0.15, 0.2) is 66.7 Å². The van der Waals surface area contributed by atoms with E-state index in [1.807, 2.05) is 0 Å². The molecule has 1 fully saturated rings. The Hall–Kier alpha value is -6.99. The second kappa shape index (κ2) is 22.1. The summed E-state index contributed by atoms with van der Waals surface area (Å²) in [6.07, 6.45) is 13.8. The van der Waals surface area contributed by atoms with Gasteiger partial charge in [-0.2, -0.15) is 0 Å². The van der Waals surface area contributed by atoms with Gasteiger partial charge in [-0.15, -0.1) is 12.8 Å². The number of aliphatic hydroxyl groups is 1. The summed E-state index contributed by atoms with van der Waals surface area (Å²) in [4.78, 5) is 26.2. The first-order chi connectivity index (χ1) is 26.1. The summed E-state index contributed by atoms with van der Waals surface area (Å²) in [7, 11) is 0. The maximum atomic E-state index is 13.4. The highest BCUT2D eigenvalue weighted by Gasteiger charge is 2.35. The zero-order valence-corrected chi connectivity index (χ0v) is 30.1. The number of aromatic carboxylic acids is 1. The molecule has 3 aromatic rings. The van der Waals surface area contributed by atoms with E-state index in [-0.39, 0.29) is 23.7 Å². The Balaban J connectivity index is 0.000000475. The Morgan fingerprint density at radius 2 is 1.19 bits per heavy atom. The zero-order chi connectivity index (χ0) is 39.2. The molecule has 0 aliphatic carbocycles. The number of likely N-dealkylation sites (tertiary alicyclic amines) is 1. The van der Waals surface area contributed by atoms with Crippen LogP contribution >= 0.6 is 0 Å². The Morgan fingerprint density at radius 3 is 1.61 bits per heavy atom. The molecule has 0 atom stereocenters. The fraction of sp³-hybridized carbons (Fsp3) is 0.261. The number of ether oxygens (including phenoxy) is 2. The van der Waals surface area contributed by atoms with E-state index < -0.39 is 11.6 Å². The maximum absolute atomic E-state index is 13.4. The lowest BCUT2D eigenvalue weighted by Gasteiger charge is -2.40. The minimum Gasteiger partial charge on any atom is -0.478 e. The van der Waals surface area contributed by atoms with Crippen molar-refractivity contribution in [1.29, 1.82) is 0 Å². The van der Waals surface area contributed by atoms with Crippen molar-refractivity contribution in [3.8, 4) is 107 Å². The van der Waals surface area contributed by atoms with Crippen LogP contribution in [0.1, 0.15) is 61.9 Å². The van der Waals surface area contributed by atoms with E-state index in [1.54, 1.807) is 35.2 Å². The fourth-order valence-electron chi connectivity index (χ4n) is 5.39. The average molecular weight is 720 g/mol. The number of carbonyl (C=O) groups is 2. The van der Waals surface area contributed by atoms with Gasteiger partial charge in [0, 0.05) is 19.2 Å². The highest BCUT2D eigenvalue weighted by atomic mass is 19.1. The topological polar surface area (TPSA) is 96.3 Å². The minimum absolute atomic E-state index is 0.0553. The number of halogens is 1. The van der Waals surface area contributed by atoms with Gasteiger partial charge in [0.15, 0.2) is 0 Å². The number of hydrogen-bond acceptors (Lipinski definition) is 5. The molecule has 0 spiro atoms. The third-order valence-electron chi connectivity index (χ3n) is 8.26. The maximum Gasteiger partial charge on any atom is 0.335 e. The number of carboxylic acid groups (broad SMARTS) is 1. The molecule has 1 heterocycles. The molecule has 54 heavy (non-hydrogen) atoms. The second-order valence-electron chi connectivity index (χ2n) is 12.0. The highest BCUT2D eigenvalue weighted by Crippen LogP contribution is 2.33. The first-order valence-corrected chi connectivity index (χ1v) is 17.1. The van der Waals surface area contributed by atoms with Gasteiger partial charge in [-0.3, -0.25) is 4.79 Å². The number of terminal acetylenes is 2. The van der Waals surface area contributed by atoms with Crippen molar-refractivity contribution in [3.05, 3.63) is 83.7 Å². The molecule has 4 rings (SSSR count). The summed E-state index contributed by atoms with van der Waals surface area (Å²) in [6.45, 7) is 5.29. The molecular weight excluding hydrogens is 682 g/mol. The van der Waals surface area contributed by atoms with Crippen LogP contribution in [0.2, 0.25) is 0 Å². The zero-order valence-electron chi connectivity index (χ0n) is 30.1. The SMILES string of the molecule is C#CC#CC#CC#CC#CC#CC#C.CCC(CC)CC1(O)CCN(C(=O)Cc2cc(Oc3ccc(F)cc3)cc(Oc3ccc(C(=O)O)cc3)c2)CC1. The van der Waals surface area contributed by atoms with E-state index in [1.165, 1.54) is 36.4 Å². The molecule has 0 aromatic heterocycles. The monoisotopic (exact) mass is 719 g/mol. The first kappa shape index (κ1) is 41.4. The predicted molar refractivity (Wildman–Crippen MR) is 206 cm³/mol. The van der Waals surface area contributed by atoms with Crippen molar-refractivity contribution in [3.63, 3.8) is 0 Å². The number of benzene rings is 3. The Kier molecular flexibility index (Phi) is 16.9. The van der Waals surface area contributed by atoms with Crippen LogP contribution in [0.4, 0.5) is 4.39 Å². The van der Waals surface area contributed by atoms with Gasteiger partial charge < -0.3 is 24.6 Å². The van der Waals surface area contributed by atoms with Crippen molar-refractivity contribution in [2.24, 2.45) is 5.92 Å². The molecular formula is C46H38FNO6. The molecule has 1 aliphatic heterocycles. The Bertz CT molecular complexity index is 2120. The quantitative estimate of drug-likeness (QED) is 0.206. The molecule has 1 aliphatic rings. The van der Waals surface area contributed by atoms with Gasteiger partial charge >= 0.3 is 5.97 Å². The molecule has 0 bridgehead atoms. The molecule has 2 N–H and O–H groups in total. The number of piperidine rings is 1. The molecule has 270 valence electrons. The van der Waals surface area contributed by atoms with Crippen molar-refractivity contribution >= 4 is 11.9 Å². The van der Waals surface area contributed by atoms with Crippen LogP contribution in [0.3, 0.4) is 0 Å². The van der Waals surface area contributed by atoms with Crippen LogP contribution in [-0.2, 0) is 11.2 Å². The van der Waals surface area contributed by atoms with Crippen LogP contribution in [-0.4, -0.2) is 45.7 Å². The van der Waals surface area contributed by atoms with Crippen LogP contribution < -0.4 is 9.47 Å². The molecule has 7 nitrogen and oxygen atoms in total.